The fourth-order valence-electron chi connectivity index (χ4n) is 3.30. The lowest BCUT2D eigenvalue weighted by Crippen LogP contribution is -2.51. The molecule has 1 saturated heterocycles. The van der Waals surface area contributed by atoms with E-state index in [1.54, 1.807) is 17.0 Å². The standard InChI is InChI=1S/C22H25FN2O2/c1-17-5-7-18(8-6-17)9-10-21(26)24-11-13-25(14-12-24)22(27)16-19-3-2-4-20(23)15-19/h2-8,15H,9-14,16H2,1H3. The highest BCUT2D eigenvalue weighted by molar-refractivity contribution is 5.80. The van der Waals surface area contributed by atoms with Crippen molar-refractivity contribution in [2.45, 2.75) is 26.2 Å². The van der Waals surface area contributed by atoms with Crippen molar-refractivity contribution in [3.8, 4) is 0 Å². The minimum Gasteiger partial charge on any atom is -0.339 e. The van der Waals surface area contributed by atoms with Gasteiger partial charge in [-0.2, -0.15) is 0 Å². The number of piperazine rings is 1. The topological polar surface area (TPSA) is 40.6 Å². The van der Waals surface area contributed by atoms with Crippen LogP contribution in [-0.2, 0) is 22.4 Å². The van der Waals surface area contributed by atoms with Gasteiger partial charge < -0.3 is 9.80 Å². The SMILES string of the molecule is Cc1ccc(CCC(=O)N2CCN(C(=O)Cc3cccc(F)c3)CC2)cc1. The second-order valence-corrected chi connectivity index (χ2v) is 7.05. The van der Waals surface area contributed by atoms with Gasteiger partial charge in [0.2, 0.25) is 11.8 Å². The molecule has 0 saturated carbocycles. The van der Waals surface area contributed by atoms with Crippen LogP contribution in [0.3, 0.4) is 0 Å². The second kappa shape index (κ2) is 8.80. The lowest BCUT2D eigenvalue weighted by Gasteiger charge is -2.35. The Bertz CT molecular complexity index is 796. The molecular formula is C22H25FN2O2. The zero-order valence-electron chi connectivity index (χ0n) is 15.7. The number of benzene rings is 2. The summed E-state index contributed by atoms with van der Waals surface area (Å²) in [6, 6.07) is 14.4. The fraction of sp³-hybridized carbons (Fsp3) is 0.364. The van der Waals surface area contributed by atoms with Crippen LogP contribution in [0.1, 0.15) is 23.1 Å². The number of aryl methyl sites for hydroxylation is 2. The van der Waals surface area contributed by atoms with E-state index in [1.807, 2.05) is 11.8 Å². The first-order valence-corrected chi connectivity index (χ1v) is 9.37. The van der Waals surface area contributed by atoms with Crippen LogP contribution in [0.5, 0.6) is 0 Å². The highest BCUT2D eigenvalue weighted by Crippen LogP contribution is 2.11. The van der Waals surface area contributed by atoms with Crippen LogP contribution in [0.2, 0.25) is 0 Å². The first-order valence-electron chi connectivity index (χ1n) is 9.37. The molecule has 0 spiro atoms. The highest BCUT2D eigenvalue weighted by atomic mass is 19.1. The third-order valence-electron chi connectivity index (χ3n) is 4.98. The van der Waals surface area contributed by atoms with Crippen LogP contribution in [0.4, 0.5) is 4.39 Å². The zero-order valence-corrected chi connectivity index (χ0v) is 15.7. The van der Waals surface area contributed by atoms with Crippen molar-refractivity contribution >= 4 is 11.8 Å². The largest absolute Gasteiger partial charge is 0.339 e. The molecule has 3 rings (SSSR count). The van der Waals surface area contributed by atoms with Crippen LogP contribution in [0, 0.1) is 12.7 Å². The Balaban J connectivity index is 1.44. The van der Waals surface area contributed by atoms with Crippen molar-refractivity contribution in [1.82, 2.24) is 9.80 Å². The molecule has 2 amide bonds. The molecule has 0 aliphatic carbocycles. The molecule has 1 heterocycles. The summed E-state index contributed by atoms with van der Waals surface area (Å²) in [7, 11) is 0. The lowest BCUT2D eigenvalue weighted by molar-refractivity contribution is -0.139. The molecule has 2 aromatic carbocycles. The minimum absolute atomic E-state index is 0.0210. The Kier molecular flexibility index (Phi) is 6.22. The molecule has 1 aliphatic rings. The van der Waals surface area contributed by atoms with E-state index in [9.17, 15) is 14.0 Å². The number of hydrogen-bond acceptors (Lipinski definition) is 2. The number of rotatable bonds is 5. The highest BCUT2D eigenvalue weighted by Gasteiger charge is 2.23. The number of nitrogens with zero attached hydrogens (tertiary/aromatic N) is 2. The summed E-state index contributed by atoms with van der Waals surface area (Å²) in [5, 5.41) is 0. The second-order valence-electron chi connectivity index (χ2n) is 7.05. The molecule has 1 fully saturated rings. The number of amides is 2. The first kappa shape index (κ1) is 19.1. The van der Waals surface area contributed by atoms with Gasteiger partial charge in [-0.3, -0.25) is 9.59 Å². The zero-order chi connectivity index (χ0) is 19.2. The molecule has 0 unspecified atom stereocenters. The van der Waals surface area contributed by atoms with Gasteiger partial charge >= 0.3 is 0 Å². The maximum atomic E-state index is 13.2. The van der Waals surface area contributed by atoms with Crippen LogP contribution < -0.4 is 0 Å². The molecule has 0 atom stereocenters. The fourth-order valence-corrected chi connectivity index (χ4v) is 3.30. The van der Waals surface area contributed by atoms with Crippen molar-refractivity contribution in [2.75, 3.05) is 26.2 Å². The Morgan fingerprint density at radius 2 is 1.52 bits per heavy atom. The quantitative estimate of drug-likeness (QED) is 0.814. The maximum Gasteiger partial charge on any atom is 0.227 e. The number of hydrogen-bond donors (Lipinski definition) is 0. The van der Waals surface area contributed by atoms with Gasteiger partial charge in [0, 0.05) is 32.6 Å². The van der Waals surface area contributed by atoms with Crippen molar-refractivity contribution in [1.29, 1.82) is 0 Å². The Hall–Kier alpha value is -2.69. The summed E-state index contributed by atoms with van der Waals surface area (Å²) in [5.74, 6) is -0.218. The van der Waals surface area contributed by atoms with E-state index in [1.165, 1.54) is 17.7 Å². The Labute approximate surface area is 159 Å². The van der Waals surface area contributed by atoms with Crippen LogP contribution in [0.15, 0.2) is 48.5 Å². The normalized spacial score (nSPS) is 14.3. The third kappa shape index (κ3) is 5.39. The minimum atomic E-state index is -0.329. The predicted octanol–water partition coefficient (Wildman–Crippen LogP) is 2.98. The van der Waals surface area contributed by atoms with Gasteiger partial charge in [0.25, 0.3) is 0 Å². The maximum absolute atomic E-state index is 13.2. The molecule has 1 aliphatic heterocycles. The van der Waals surface area contributed by atoms with Crippen LogP contribution in [-0.4, -0.2) is 47.8 Å². The number of halogens is 1. The molecule has 0 bridgehead atoms. The summed E-state index contributed by atoms with van der Waals surface area (Å²) in [6.07, 6.45) is 1.41. The van der Waals surface area contributed by atoms with Crippen molar-refractivity contribution in [3.63, 3.8) is 0 Å². The van der Waals surface area contributed by atoms with Crippen molar-refractivity contribution < 1.29 is 14.0 Å². The molecule has 0 N–H and O–H groups in total. The summed E-state index contributed by atoms with van der Waals surface area (Å²) < 4.78 is 13.2. The lowest BCUT2D eigenvalue weighted by atomic mass is 10.1. The van der Waals surface area contributed by atoms with E-state index in [2.05, 4.69) is 24.3 Å². The molecule has 5 heteroatoms. The van der Waals surface area contributed by atoms with Crippen LogP contribution >= 0.6 is 0 Å². The van der Waals surface area contributed by atoms with E-state index < -0.39 is 0 Å². The predicted molar refractivity (Wildman–Crippen MR) is 103 cm³/mol. The van der Waals surface area contributed by atoms with Gasteiger partial charge in [-0.05, 0) is 36.6 Å². The van der Waals surface area contributed by atoms with Gasteiger partial charge in [0.05, 0.1) is 6.42 Å². The summed E-state index contributed by atoms with van der Waals surface area (Å²) in [5.41, 5.74) is 3.05. The van der Waals surface area contributed by atoms with E-state index in [0.29, 0.717) is 38.2 Å². The Morgan fingerprint density at radius 3 is 2.15 bits per heavy atom. The molecule has 2 aromatic rings. The van der Waals surface area contributed by atoms with E-state index >= 15 is 0 Å². The average molecular weight is 368 g/mol. The van der Waals surface area contributed by atoms with Crippen molar-refractivity contribution in [3.05, 3.63) is 71.0 Å². The third-order valence-corrected chi connectivity index (χ3v) is 4.98. The summed E-state index contributed by atoms with van der Waals surface area (Å²) in [6.45, 7) is 4.22. The van der Waals surface area contributed by atoms with E-state index in [4.69, 9.17) is 0 Å². The monoisotopic (exact) mass is 368 g/mol. The van der Waals surface area contributed by atoms with Crippen LogP contribution in [0.25, 0.3) is 0 Å². The van der Waals surface area contributed by atoms with E-state index in [-0.39, 0.29) is 24.1 Å². The van der Waals surface area contributed by atoms with Gasteiger partial charge in [0.1, 0.15) is 5.82 Å². The molecule has 0 radical (unpaired) electrons. The van der Waals surface area contributed by atoms with Gasteiger partial charge in [-0.1, -0.05) is 42.0 Å². The number of carbonyl (C=O) groups excluding carboxylic acids is 2. The molecular weight excluding hydrogens is 343 g/mol. The smallest absolute Gasteiger partial charge is 0.227 e. The first-order chi connectivity index (χ1) is 13.0. The van der Waals surface area contributed by atoms with Crippen molar-refractivity contribution in [2.24, 2.45) is 0 Å². The van der Waals surface area contributed by atoms with E-state index in [0.717, 1.165) is 12.0 Å². The van der Waals surface area contributed by atoms with Gasteiger partial charge in [-0.25, -0.2) is 4.39 Å². The molecule has 0 aromatic heterocycles. The van der Waals surface area contributed by atoms with Gasteiger partial charge in [0.15, 0.2) is 0 Å². The molecule has 27 heavy (non-hydrogen) atoms. The Morgan fingerprint density at radius 1 is 0.889 bits per heavy atom. The number of carbonyl (C=O) groups is 2. The average Bonchev–Trinajstić information content (AvgIpc) is 2.67. The summed E-state index contributed by atoms with van der Waals surface area (Å²) in [4.78, 5) is 28.4. The molecule has 4 nitrogen and oxygen atoms in total. The molecule has 142 valence electrons. The summed E-state index contributed by atoms with van der Waals surface area (Å²) >= 11 is 0. The van der Waals surface area contributed by atoms with Gasteiger partial charge in [-0.15, -0.1) is 0 Å².